The number of hydrogen-bond donors (Lipinski definition) is 2. The molecule has 0 saturated carbocycles. The molecule has 0 unspecified atom stereocenters. The van der Waals surface area contributed by atoms with Crippen LogP contribution >= 0.6 is 11.8 Å². The second kappa shape index (κ2) is 5.82. The SMILES string of the molecule is CO[C@](C)([C@H]1O[C@@H]2SC(N(C)C)=N[C@@H]2[C@@H](O)[C@@H]1O)C(F)(F)F. The van der Waals surface area contributed by atoms with Gasteiger partial charge in [-0.25, -0.2) is 0 Å². The van der Waals surface area contributed by atoms with Gasteiger partial charge in [-0.3, -0.25) is 4.99 Å². The highest BCUT2D eigenvalue weighted by molar-refractivity contribution is 8.14. The lowest BCUT2D eigenvalue weighted by molar-refractivity contribution is -0.325. The van der Waals surface area contributed by atoms with Gasteiger partial charge >= 0.3 is 6.18 Å². The van der Waals surface area contributed by atoms with Crippen molar-refractivity contribution >= 4 is 16.9 Å². The summed E-state index contributed by atoms with van der Waals surface area (Å²) in [5.74, 6) is 0. The first-order chi connectivity index (χ1) is 10.0. The van der Waals surface area contributed by atoms with Crippen molar-refractivity contribution in [3.8, 4) is 0 Å². The predicted octanol–water partition coefficient (Wildman–Crippen LogP) is 0.433. The number of thioether (sulfide) groups is 1. The summed E-state index contributed by atoms with van der Waals surface area (Å²) in [6.45, 7) is 0.793. The van der Waals surface area contributed by atoms with E-state index < -0.39 is 41.6 Å². The van der Waals surface area contributed by atoms with Crippen molar-refractivity contribution in [3.63, 3.8) is 0 Å². The average Bonchev–Trinajstić information content (AvgIpc) is 2.85. The van der Waals surface area contributed by atoms with E-state index in [1.165, 1.54) is 0 Å². The second-order valence-corrected chi connectivity index (χ2v) is 6.70. The quantitative estimate of drug-likeness (QED) is 0.757. The maximum Gasteiger partial charge on any atom is 0.419 e. The third-order valence-electron chi connectivity index (χ3n) is 3.96. The van der Waals surface area contributed by atoms with Gasteiger partial charge in [-0.2, -0.15) is 13.2 Å². The molecule has 0 radical (unpaired) electrons. The van der Waals surface area contributed by atoms with Gasteiger partial charge in [0.1, 0.15) is 29.8 Å². The molecule has 2 aliphatic heterocycles. The predicted molar refractivity (Wildman–Crippen MR) is 74.6 cm³/mol. The average molecular weight is 344 g/mol. The molecule has 2 heterocycles. The zero-order valence-corrected chi connectivity index (χ0v) is 13.4. The monoisotopic (exact) mass is 344 g/mol. The molecule has 0 aromatic heterocycles. The number of nitrogens with zero attached hydrogens (tertiary/aromatic N) is 2. The first kappa shape index (κ1) is 17.8. The minimum absolute atomic E-state index is 0.521. The fourth-order valence-electron chi connectivity index (χ4n) is 2.41. The fraction of sp³-hybridized carbons (Fsp3) is 0.917. The number of fused-ring (bicyclic) bond motifs is 1. The van der Waals surface area contributed by atoms with Crippen molar-refractivity contribution < 1.29 is 32.9 Å². The van der Waals surface area contributed by atoms with Crippen LogP contribution in [0.5, 0.6) is 0 Å². The van der Waals surface area contributed by atoms with E-state index in [2.05, 4.69) is 9.73 Å². The minimum atomic E-state index is -4.77. The number of ether oxygens (including phenoxy) is 2. The van der Waals surface area contributed by atoms with Crippen LogP contribution < -0.4 is 0 Å². The van der Waals surface area contributed by atoms with E-state index in [0.29, 0.717) is 5.17 Å². The van der Waals surface area contributed by atoms with Crippen molar-refractivity contribution in [2.24, 2.45) is 4.99 Å². The number of amidine groups is 1. The number of aliphatic hydroxyl groups is 2. The van der Waals surface area contributed by atoms with E-state index in [-0.39, 0.29) is 0 Å². The Bertz CT molecular complexity index is 462. The van der Waals surface area contributed by atoms with Gasteiger partial charge in [0.15, 0.2) is 10.8 Å². The molecule has 2 aliphatic rings. The molecule has 1 saturated heterocycles. The van der Waals surface area contributed by atoms with Gasteiger partial charge in [0, 0.05) is 21.2 Å². The standard InChI is InChI=1S/C12H19F3N2O4S/c1-11(20-4,12(13,14)15)8-7(19)6(18)5-9(21-8)22-10(16-5)17(2)3/h5-9,18-19H,1-4H3/t5-,6-,7+,8+,9-,11-/m1/s1. The molecule has 0 aromatic rings. The Morgan fingerprint density at radius 3 is 2.32 bits per heavy atom. The zero-order chi connectivity index (χ0) is 16.9. The Kier molecular flexibility index (Phi) is 4.71. The number of rotatable bonds is 2. The van der Waals surface area contributed by atoms with Gasteiger partial charge in [0.25, 0.3) is 0 Å². The van der Waals surface area contributed by atoms with Crippen LogP contribution in [0.2, 0.25) is 0 Å². The largest absolute Gasteiger partial charge is 0.419 e. The molecular weight excluding hydrogens is 325 g/mol. The molecule has 2 N–H and O–H groups in total. The minimum Gasteiger partial charge on any atom is -0.388 e. The summed E-state index contributed by atoms with van der Waals surface area (Å²) in [5, 5.41) is 20.8. The van der Waals surface area contributed by atoms with Crippen molar-refractivity contribution in [2.75, 3.05) is 21.2 Å². The van der Waals surface area contributed by atoms with Crippen LogP contribution in [-0.2, 0) is 9.47 Å². The van der Waals surface area contributed by atoms with Gasteiger partial charge < -0.3 is 24.6 Å². The molecule has 0 aromatic carbocycles. The third-order valence-corrected chi connectivity index (χ3v) is 5.27. The van der Waals surface area contributed by atoms with Gasteiger partial charge in [-0.1, -0.05) is 11.8 Å². The molecule has 128 valence electrons. The topological polar surface area (TPSA) is 74.5 Å². The summed E-state index contributed by atoms with van der Waals surface area (Å²) in [6, 6.07) is -0.817. The van der Waals surface area contributed by atoms with E-state index >= 15 is 0 Å². The Labute approximate surface area is 130 Å². The number of methoxy groups -OCH3 is 1. The van der Waals surface area contributed by atoms with Crippen LogP contribution in [-0.4, -0.2) is 83.1 Å². The summed E-state index contributed by atoms with van der Waals surface area (Å²) < 4.78 is 49.9. The van der Waals surface area contributed by atoms with Crippen LogP contribution in [0.1, 0.15) is 6.92 Å². The molecular formula is C12H19F3N2O4S. The van der Waals surface area contributed by atoms with E-state index in [1.54, 1.807) is 19.0 Å². The summed E-state index contributed by atoms with van der Waals surface area (Å²) >= 11 is 1.11. The summed E-state index contributed by atoms with van der Waals surface area (Å²) in [5.41, 5.74) is -3.54. The van der Waals surface area contributed by atoms with Crippen LogP contribution in [0.25, 0.3) is 0 Å². The highest BCUT2D eigenvalue weighted by Crippen LogP contribution is 2.45. The molecule has 0 amide bonds. The van der Waals surface area contributed by atoms with E-state index in [1.807, 2.05) is 0 Å². The molecule has 0 bridgehead atoms. The van der Waals surface area contributed by atoms with Crippen LogP contribution in [0.4, 0.5) is 13.2 Å². The summed E-state index contributed by atoms with van der Waals surface area (Å²) in [4.78, 5) is 5.86. The smallest absolute Gasteiger partial charge is 0.388 e. The van der Waals surface area contributed by atoms with Gasteiger partial charge in [-0.05, 0) is 6.92 Å². The number of aliphatic hydroxyl groups excluding tert-OH is 2. The lowest BCUT2D eigenvalue weighted by Crippen LogP contribution is -2.66. The van der Waals surface area contributed by atoms with Crippen molar-refractivity contribution in [1.29, 1.82) is 0 Å². The van der Waals surface area contributed by atoms with Crippen LogP contribution in [0, 0.1) is 0 Å². The van der Waals surface area contributed by atoms with Gasteiger partial charge in [-0.15, -0.1) is 0 Å². The number of hydrogen-bond acceptors (Lipinski definition) is 7. The van der Waals surface area contributed by atoms with Gasteiger partial charge in [0.05, 0.1) is 0 Å². The molecule has 22 heavy (non-hydrogen) atoms. The fourth-order valence-corrected chi connectivity index (χ4v) is 3.55. The first-order valence-corrected chi connectivity index (χ1v) is 7.46. The number of alkyl halides is 3. The summed E-state index contributed by atoms with van der Waals surface area (Å²) in [7, 11) is 4.34. The lowest BCUT2D eigenvalue weighted by atomic mass is 9.86. The van der Waals surface area contributed by atoms with Crippen LogP contribution in [0.3, 0.4) is 0 Å². The Hall–Kier alpha value is -0.550. The van der Waals surface area contributed by atoms with E-state index in [4.69, 9.17) is 4.74 Å². The first-order valence-electron chi connectivity index (χ1n) is 6.58. The highest BCUT2D eigenvalue weighted by Gasteiger charge is 2.64. The van der Waals surface area contributed by atoms with E-state index in [0.717, 1.165) is 25.8 Å². The lowest BCUT2D eigenvalue weighted by Gasteiger charge is -2.46. The molecule has 0 aliphatic carbocycles. The number of halogens is 3. The molecule has 2 rings (SSSR count). The second-order valence-electron chi connectivity index (χ2n) is 5.63. The third kappa shape index (κ3) is 2.71. The Morgan fingerprint density at radius 1 is 1.27 bits per heavy atom. The maximum atomic E-state index is 13.3. The van der Waals surface area contributed by atoms with Gasteiger partial charge in [0.2, 0.25) is 0 Å². The highest BCUT2D eigenvalue weighted by atomic mass is 32.2. The van der Waals surface area contributed by atoms with Crippen molar-refractivity contribution in [1.82, 2.24) is 4.90 Å². The molecule has 0 spiro atoms. The van der Waals surface area contributed by atoms with Crippen molar-refractivity contribution in [2.45, 2.75) is 48.5 Å². The normalized spacial score (nSPS) is 38.2. The molecule has 10 heteroatoms. The summed E-state index contributed by atoms with van der Waals surface area (Å²) in [6.07, 6.45) is -9.75. The molecule has 6 atom stereocenters. The Balaban J connectivity index is 2.29. The van der Waals surface area contributed by atoms with Crippen LogP contribution in [0.15, 0.2) is 4.99 Å². The molecule has 6 nitrogen and oxygen atoms in total. The Morgan fingerprint density at radius 2 is 1.86 bits per heavy atom. The van der Waals surface area contributed by atoms with E-state index in [9.17, 15) is 23.4 Å². The zero-order valence-electron chi connectivity index (χ0n) is 12.5. The van der Waals surface area contributed by atoms with Crippen molar-refractivity contribution in [3.05, 3.63) is 0 Å². The number of aliphatic imine (C=N–C) groups is 1. The maximum absolute atomic E-state index is 13.3. The molecule has 1 fully saturated rings.